The third-order valence-electron chi connectivity index (χ3n) is 4.56. The molecule has 2 N–H and O–H groups in total. The summed E-state index contributed by atoms with van der Waals surface area (Å²) < 4.78 is 0. The van der Waals surface area contributed by atoms with Gasteiger partial charge in [0.05, 0.1) is 0 Å². The standard InChI is InChI=1S/C23H19N3OS/c1-3-22(27)26-18-8-4-6-15(10-18)17-12-20-21(14-25-23(20)24-13-17)16-7-5-9-19(11-16)28-2/h3-14H,1H2,2H3,(H,24,25)(H,26,27). The number of thioether (sulfide) groups is 1. The van der Waals surface area contributed by atoms with Gasteiger partial charge in [0.25, 0.3) is 0 Å². The van der Waals surface area contributed by atoms with Crippen LogP contribution in [0.3, 0.4) is 0 Å². The summed E-state index contributed by atoms with van der Waals surface area (Å²) in [6, 6.07) is 18.3. The number of aromatic nitrogens is 2. The number of nitrogens with one attached hydrogen (secondary N) is 2. The Balaban J connectivity index is 1.77. The van der Waals surface area contributed by atoms with Crippen LogP contribution in [-0.2, 0) is 4.79 Å². The highest BCUT2D eigenvalue weighted by molar-refractivity contribution is 7.98. The van der Waals surface area contributed by atoms with Gasteiger partial charge in [-0.15, -0.1) is 11.8 Å². The maximum absolute atomic E-state index is 11.6. The molecular weight excluding hydrogens is 366 g/mol. The van der Waals surface area contributed by atoms with Crippen molar-refractivity contribution in [1.82, 2.24) is 9.97 Å². The fourth-order valence-electron chi connectivity index (χ4n) is 3.16. The van der Waals surface area contributed by atoms with E-state index in [1.807, 2.05) is 36.7 Å². The fourth-order valence-corrected chi connectivity index (χ4v) is 3.62. The Morgan fingerprint density at radius 1 is 1.11 bits per heavy atom. The molecule has 5 heteroatoms. The Hall–Kier alpha value is -3.31. The van der Waals surface area contributed by atoms with Gasteiger partial charge in [-0.1, -0.05) is 30.8 Å². The predicted molar refractivity (Wildman–Crippen MR) is 118 cm³/mol. The lowest BCUT2D eigenvalue weighted by Crippen LogP contribution is -2.06. The number of carbonyl (C=O) groups excluding carboxylic acids is 1. The van der Waals surface area contributed by atoms with Crippen LogP contribution in [0.25, 0.3) is 33.3 Å². The van der Waals surface area contributed by atoms with Crippen molar-refractivity contribution >= 4 is 34.4 Å². The van der Waals surface area contributed by atoms with Crippen LogP contribution in [-0.4, -0.2) is 22.1 Å². The SMILES string of the molecule is C=CC(=O)Nc1cccc(-c2cnc3[nH]cc(-c4cccc(SC)c4)c3c2)c1. The molecule has 0 unspecified atom stereocenters. The summed E-state index contributed by atoms with van der Waals surface area (Å²) in [4.78, 5) is 20.6. The number of benzene rings is 2. The van der Waals surface area contributed by atoms with Crippen LogP contribution in [0.4, 0.5) is 5.69 Å². The number of pyridine rings is 1. The minimum Gasteiger partial charge on any atom is -0.346 e. The molecule has 0 aliphatic heterocycles. The van der Waals surface area contributed by atoms with Gasteiger partial charge in [-0.3, -0.25) is 4.79 Å². The molecule has 28 heavy (non-hydrogen) atoms. The first-order chi connectivity index (χ1) is 13.7. The maximum Gasteiger partial charge on any atom is 0.247 e. The molecule has 4 rings (SSSR count). The molecule has 0 saturated heterocycles. The summed E-state index contributed by atoms with van der Waals surface area (Å²) in [5.74, 6) is -0.229. The van der Waals surface area contributed by atoms with Crippen molar-refractivity contribution in [2.45, 2.75) is 4.90 Å². The Morgan fingerprint density at radius 3 is 2.75 bits per heavy atom. The van der Waals surface area contributed by atoms with Crippen molar-refractivity contribution in [3.8, 4) is 22.3 Å². The average molecular weight is 385 g/mol. The van der Waals surface area contributed by atoms with E-state index < -0.39 is 0 Å². The molecule has 0 fully saturated rings. The summed E-state index contributed by atoms with van der Waals surface area (Å²) in [5, 5.41) is 3.86. The molecule has 0 radical (unpaired) electrons. The smallest absolute Gasteiger partial charge is 0.247 e. The first-order valence-corrected chi connectivity index (χ1v) is 10.1. The van der Waals surface area contributed by atoms with E-state index in [2.05, 4.69) is 58.5 Å². The third kappa shape index (κ3) is 3.57. The molecule has 4 aromatic rings. The number of carbonyl (C=O) groups is 1. The average Bonchev–Trinajstić information content (AvgIpc) is 3.17. The third-order valence-corrected chi connectivity index (χ3v) is 5.29. The minimum atomic E-state index is -0.229. The zero-order chi connectivity index (χ0) is 19.5. The highest BCUT2D eigenvalue weighted by Gasteiger charge is 2.10. The van der Waals surface area contributed by atoms with Crippen LogP contribution in [0.5, 0.6) is 0 Å². The molecule has 0 spiro atoms. The summed E-state index contributed by atoms with van der Waals surface area (Å²) >= 11 is 1.73. The number of anilines is 1. The van der Waals surface area contributed by atoms with Gasteiger partial charge >= 0.3 is 0 Å². The Morgan fingerprint density at radius 2 is 1.93 bits per heavy atom. The highest BCUT2D eigenvalue weighted by Crippen LogP contribution is 2.33. The van der Waals surface area contributed by atoms with E-state index in [4.69, 9.17) is 0 Å². The van der Waals surface area contributed by atoms with Crippen LogP contribution in [0.1, 0.15) is 0 Å². The maximum atomic E-state index is 11.6. The number of aromatic amines is 1. The molecule has 4 nitrogen and oxygen atoms in total. The van der Waals surface area contributed by atoms with Crippen molar-refractivity contribution in [3.63, 3.8) is 0 Å². The number of H-pyrrole nitrogens is 1. The van der Waals surface area contributed by atoms with Crippen molar-refractivity contribution in [3.05, 3.63) is 79.6 Å². The normalized spacial score (nSPS) is 10.8. The van der Waals surface area contributed by atoms with Gasteiger partial charge in [-0.2, -0.15) is 0 Å². The number of hydrogen-bond donors (Lipinski definition) is 2. The lowest BCUT2D eigenvalue weighted by Gasteiger charge is -2.07. The molecule has 138 valence electrons. The largest absolute Gasteiger partial charge is 0.346 e. The van der Waals surface area contributed by atoms with Gasteiger partial charge < -0.3 is 10.3 Å². The van der Waals surface area contributed by atoms with E-state index in [1.165, 1.54) is 11.0 Å². The zero-order valence-electron chi connectivity index (χ0n) is 15.4. The van der Waals surface area contributed by atoms with E-state index in [9.17, 15) is 4.79 Å². The number of nitrogens with zero attached hydrogens (tertiary/aromatic N) is 1. The molecule has 2 aromatic heterocycles. The van der Waals surface area contributed by atoms with Crippen LogP contribution in [0, 0.1) is 0 Å². The van der Waals surface area contributed by atoms with Crippen molar-refractivity contribution in [2.75, 3.05) is 11.6 Å². The van der Waals surface area contributed by atoms with Crippen LogP contribution in [0.15, 0.2) is 84.5 Å². The molecule has 0 bridgehead atoms. The topological polar surface area (TPSA) is 57.8 Å². The van der Waals surface area contributed by atoms with Crippen molar-refractivity contribution < 1.29 is 4.79 Å². The monoisotopic (exact) mass is 385 g/mol. The van der Waals surface area contributed by atoms with E-state index in [0.29, 0.717) is 0 Å². The van der Waals surface area contributed by atoms with E-state index in [-0.39, 0.29) is 5.91 Å². The Labute approximate surface area is 167 Å². The number of hydrogen-bond acceptors (Lipinski definition) is 3. The second-order valence-electron chi connectivity index (χ2n) is 6.33. The highest BCUT2D eigenvalue weighted by atomic mass is 32.2. The Bertz CT molecular complexity index is 1180. The van der Waals surface area contributed by atoms with Gasteiger partial charge in [0.2, 0.25) is 5.91 Å². The molecule has 2 heterocycles. The first kappa shape index (κ1) is 18.1. The molecule has 0 atom stereocenters. The quantitative estimate of drug-likeness (QED) is 0.340. The Kier molecular flexibility index (Phi) is 5.00. The zero-order valence-corrected chi connectivity index (χ0v) is 16.2. The molecule has 0 aliphatic carbocycles. The molecule has 1 amide bonds. The van der Waals surface area contributed by atoms with E-state index >= 15 is 0 Å². The molecule has 0 saturated carbocycles. The first-order valence-electron chi connectivity index (χ1n) is 8.83. The molecule has 2 aromatic carbocycles. The summed E-state index contributed by atoms with van der Waals surface area (Å²) in [7, 11) is 0. The minimum absolute atomic E-state index is 0.229. The second kappa shape index (κ2) is 7.74. The molecule has 0 aliphatic rings. The predicted octanol–water partition coefficient (Wildman–Crippen LogP) is 5.74. The molecular formula is C23H19N3OS. The number of rotatable bonds is 5. The number of amides is 1. The van der Waals surface area contributed by atoms with Gasteiger partial charge in [-0.25, -0.2) is 4.98 Å². The van der Waals surface area contributed by atoms with Gasteiger partial charge in [-0.05, 0) is 53.8 Å². The van der Waals surface area contributed by atoms with Gasteiger partial charge in [0, 0.05) is 39.5 Å². The van der Waals surface area contributed by atoms with Gasteiger partial charge in [0.15, 0.2) is 0 Å². The number of fused-ring (bicyclic) bond motifs is 1. The summed E-state index contributed by atoms with van der Waals surface area (Å²) in [6.45, 7) is 3.49. The summed E-state index contributed by atoms with van der Waals surface area (Å²) in [6.07, 6.45) is 7.18. The van der Waals surface area contributed by atoms with Gasteiger partial charge in [0.1, 0.15) is 5.65 Å². The van der Waals surface area contributed by atoms with Crippen molar-refractivity contribution in [2.24, 2.45) is 0 Å². The van der Waals surface area contributed by atoms with Crippen LogP contribution in [0.2, 0.25) is 0 Å². The van der Waals surface area contributed by atoms with Crippen LogP contribution >= 0.6 is 11.8 Å². The van der Waals surface area contributed by atoms with E-state index in [1.54, 1.807) is 11.8 Å². The van der Waals surface area contributed by atoms with Crippen LogP contribution < -0.4 is 5.32 Å². The van der Waals surface area contributed by atoms with E-state index in [0.717, 1.165) is 39.0 Å². The lowest BCUT2D eigenvalue weighted by molar-refractivity contribution is -0.111. The fraction of sp³-hybridized carbons (Fsp3) is 0.0435. The van der Waals surface area contributed by atoms with Crippen molar-refractivity contribution in [1.29, 1.82) is 0 Å². The second-order valence-corrected chi connectivity index (χ2v) is 7.21. The lowest BCUT2D eigenvalue weighted by atomic mass is 10.0. The summed E-state index contributed by atoms with van der Waals surface area (Å²) in [5.41, 5.74) is 5.83.